The number of hydrogen-bond donors (Lipinski definition) is 1. The zero-order chi connectivity index (χ0) is 18.0. The summed E-state index contributed by atoms with van der Waals surface area (Å²) in [6.45, 7) is 1.94. The van der Waals surface area contributed by atoms with Gasteiger partial charge in [0.05, 0.1) is 19.1 Å². The van der Waals surface area contributed by atoms with Gasteiger partial charge in [0.1, 0.15) is 10.6 Å². The van der Waals surface area contributed by atoms with Crippen molar-refractivity contribution in [2.75, 3.05) is 7.11 Å². The van der Waals surface area contributed by atoms with E-state index in [9.17, 15) is 8.42 Å². The summed E-state index contributed by atoms with van der Waals surface area (Å²) in [5, 5.41) is 1.02. The number of halogens is 1. The zero-order valence-electron chi connectivity index (χ0n) is 13.4. The van der Waals surface area contributed by atoms with Gasteiger partial charge in [-0.1, -0.05) is 11.6 Å². The molecule has 0 aliphatic rings. The van der Waals surface area contributed by atoms with Gasteiger partial charge in [0.2, 0.25) is 10.0 Å². The Kier molecular flexibility index (Phi) is 5.14. The van der Waals surface area contributed by atoms with Gasteiger partial charge in [-0.3, -0.25) is 0 Å². The molecular weight excluding hydrogens is 384 g/mol. The minimum atomic E-state index is -3.79. The van der Waals surface area contributed by atoms with Gasteiger partial charge in [0.25, 0.3) is 0 Å². The number of ether oxygens (including phenoxy) is 1. The fraction of sp³-hybridized carbons (Fsp3) is 0.188. The summed E-state index contributed by atoms with van der Waals surface area (Å²) in [4.78, 5) is 5.22. The lowest BCUT2D eigenvalue weighted by Gasteiger charge is -2.10. The summed E-state index contributed by atoms with van der Waals surface area (Å²) in [6.07, 6.45) is 1.57. The Bertz CT molecular complexity index is 982. The van der Waals surface area contributed by atoms with Crippen LogP contribution in [0.4, 0.5) is 0 Å². The van der Waals surface area contributed by atoms with Crippen LogP contribution >= 0.6 is 22.9 Å². The molecule has 0 aliphatic heterocycles. The molecule has 3 rings (SSSR count). The number of nitrogens with zero attached hydrogens (tertiary/aromatic N) is 1. The molecule has 1 N–H and O–H groups in total. The second-order valence-corrected chi connectivity index (χ2v) is 8.38. The van der Waals surface area contributed by atoms with E-state index in [0.717, 1.165) is 10.6 Å². The van der Waals surface area contributed by atoms with Crippen LogP contribution in [0, 0.1) is 6.92 Å². The molecule has 0 fully saturated rings. The Morgan fingerprint density at radius 3 is 2.84 bits per heavy atom. The number of thiazole rings is 1. The normalized spacial score (nSPS) is 11.6. The molecule has 2 heterocycles. The van der Waals surface area contributed by atoms with Gasteiger partial charge in [-0.05, 0) is 37.3 Å². The lowest BCUT2D eigenvalue weighted by atomic mass is 10.3. The molecule has 0 aliphatic carbocycles. The van der Waals surface area contributed by atoms with Crippen LogP contribution in [-0.2, 0) is 16.6 Å². The Labute approximate surface area is 154 Å². The quantitative estimate of drug-likeness (QED) is 0.682. The Morgan fingerprint density at radius 2 is 2.16 bits per heavy atom. The predicted octanol–water partition coefficient (Wildman–Crippen LogP) is 3.85. The van der Waals surface area contributed by atoms with Crippen LogP contribution < -0.4 is 9.46 Å². The number of benzene rings is 1. The summed E-state index contributed by atoms with van der Waals surface area (Å²) < 4.78 is 38.2. The Balaban J connectivity index is 1.83. The van der Waals surface area contributed by atoms with E-state index in [-0.39, 0.29) is 17.2 Å². The van der Waals surface area contributed by atoms with E-state index in [1.807, 2.05) is 13.0 Å². The van der Waals surface area contributed by atoms with Crippen LogP contribution in [0.1, 0.15) is 10.6 Å². The van der Waals surface area contributed by atoms with Crippen molar-refractivity contribution in [2.24, 2.45) is 0 Å². The fourth-order valence-electron chi connectivity index (χ4n) is 2.20. The highest BCUT2D eigenvalue weighted by molar-refractivity contribution is 7.89. The molecule has 0 radical (unpaired) electrons. The van der Waals surface area contributed by atoms with Crippen LogP contribution in [-0.4, -0.2) is 20.5 Å². The molecule has 9 heteroatoms. The molecule has 0 spiro atoms. The van der Waals surface area contributed by atoms with Crippen LogP contribution in [0.25, 0.3) is 10.8 Å². The molecule has 0 saturated carbocycles. The zero-order valence-corrected chi connectivity index (χ0v) is 15.8. The second-order valence-electron chi connectivity index (χ2n) is 5.12. The number of aryl methyl sites for hydroxylation is 1. The fourth-order valence-corrected chi connectivity index (χ4v) is 4.68. The van der Waals surface area contributed by atoms with Gasteiger partial charge >= 0.3 is 0 Å². The third-order valence-electron chi connectivity index (χ3n) is 3.46. The van der Waals surface area contributed by atoms with Crippen molar-refractivity contribution in [3.05, 3.63) is 52.2 Å². The maximum atomic E-state index is 12.6. The third kappa shape index (κ3) is 3.87. The third-order valence-corrected chi connectivity index (χ3v) is 6.29. The van der Waals surface area contributed by atoms with E-state index >= 15 is 0 Å². The first-order valence-corrected chi connectivity index (χ1v) is 9.92. The molecule has 3 aromatic rings. The van der Waals surface area contributed by atoms with E-state index in [1.54, 1.807) is 18.4 Å². The first-order chi connectivity index (χ1) is 11.9. The van der Waals surface area contributed by atoms with Gasteiger partial charge in [0, 0.05) is 16.4 Å². The summed E-state index contributed by atoms with van der Waals surface area (Å²) in [6, 6.07) is 8.03. The minimum absolute atomic E-state index is 0.00377. The van der Waals surface area contributed by atoms with E-state index < -0.39 is 10.0 Å². The SMILES string of the molecule is COc1ccc(Cl)cc1S(=O)(=O)NCc1sc(-c2ccco2)nc1C. The monoisotopic (exact) mass is 398 g/mol. The highest BCUT2D eigenvalue weighted by atomic mass is 35.5. The standard InChI is InChI=1S/C16H15ClN2O4S2/c1-10-14(24-16(19-10)13-4-3-7-23-13)9-18-25(20,21)15-8-11(17)5-6-12(15)22-2/h3-8,18H,9H2,1-2H3. The number of methoxy groups -OCH3 is 1. The van der Waals surface area contributed by atoms with Crippen molar-refractivity contribution in [3.63, 3.8) is 0 Å². The van der Waals surface area contributed by atoms with Gasteiger partial charge in [0.15, 0.2) is 10.8 Å². The maximum absolute atomic E-state index is 12.6. The number of rotatable bonds is 6. The minimum Gasteiger partial charge on any atom is -0.495 e. The average Bonchev–Trinajstić information content (AvgIpc) is 3.22. The van der Waals surface area contributed by atoms with E-state index in [4.69, 9.17) is 20.8 Å². The highest BCUT2D eigenvalue weighted by Gasteiger charge is 2.21. The maximum Gasteiger partial charge on any atom is 0.244 e. The smallest absolute Gasteiger partial charge is 0.244 e. The topological polar surface area (TPSA) is 81.4 Å². The second kappa shape index (κ2) is 7.17. The van der Waals surface area contributed by atoms with Crippen LogP contribution in [0.2, 0.25) is 5.02 Å². The van der Waals surface area contributed by atoms with Crippen molar-refractivity contribution < 1.29 is 17.6 Å². The average molecular weight is 399 g/mol. The van der Waals surface area contributed by atoms with Crippen molar-refractivity contribution >= 4 is 33.0 Å². The summed E-state index contributed by atoms with van der Waals surface area (Å²) >= 11 is 7.29. The van der Waals surface area contributed by atoms with Gasteiger partial charge in [-0.2, -0.15) is 0 Å². The van der Waals surface area contributed by atoms with Crippen molar-refractivity contribution in [1.82, 2.24) is 9.71 Å². The lowest BCUT2D eigenvalue weighted by molar-refractivity contribution is 0.402. The molecule has 132 valence electrons. The molecule has 0 unspecified atom stereocenters. The molecule has 1 aromatic carbocycles. The van der Waals surface area contributed by atoms with Crippen molar-refractivity contribution in [1.29, 1.82) is 0 Å². The summed E-state index contributed by atoms with van der Waals surface area (Å²) in [7, 11) is -2.38. The Hall–Kier alpha value is -1.87. The van der Waals surface area contributed by atoms with Crippen LogP contribution in [0.5, 0.6) is 5.75 Å². The molecule has 0 saturated heterocycles. The first kappa shape index (κ1) is 17.9. The molecule has 2 aromatic heterocycles. The van der Waals surface area contributed by atoms with Crippen molar-refractivity contribution in [3.8, 4) is 16.5 Å². The largest absolute Gasteiger partial charge is 0.495 e. The molecular formula is C16H15ClN2O4S2. The molecule has 6 nitrogen and oxygen atoms in total. The molecule has 0 bridgehead atoms. The van der Waals surface area contributed by atoms with Crippen LogP contribution in [0.3, 0.4) is 0 Å². The molecule has 25 heavy (non-hydrogen) atoms. The van der Waals surface area contributed by atoms with E-state index in [2.05, 4.69) is 9.71 Å². The van der Waals surface area contributed by atoms with Crippen molar-refractivity contribution in [2.45, 2.75) is 18.4 Å². The number of hydrogen-bond acceptors (Lipinski definition) is 6. The van der Waals surface area contributed by atoms with Gasteiger partial charge in [-0.25, -0.2) is 18.1 Å². The highest BCUT2D eigenvalue weighted by Crippen LogP contribution is 2.30. The van der Waals surface area contributed by atoms with E-state index in [0.29, 0.717) is 15.8 Å². The number of sulfonamides is 1. The molecule has 0 amide bonds. The Morgan fingerprint density at radius 1 is 1.36 bits per heavy atom. The summed E-state index contributed by atoms with van der Waals surface area (Å²) in [5.74, 6) is 0.882. The van der Waals surface area contributed by atoms with Gasteiger partial charge < -0.3 is 9.15 Å². The number of aromatic nitrogens is 1. The predicted molar refractivity (Wildman–Crippen MR) is 96.6 cm³/mol. The number of furan rings is 1. The van der Waals surface area contributed by atoms with Crippen LogP contribution in [0.15, 0.2) is 45.9 Å². The first-order valence-electron chi connectivity index (χ1n) is 7.24. The lowest BCUT2D eigenvalue weighted by Crippen LogP contribution is -2.23. The molecule has 0 atom stereocenters. The van der Waals surface area contributed by atoms with E-state index in [1.165, 1.54) is 30.6 Å². The summed E-state index contributed by atoms with van der Waals surface area (Å²) in [5.41, 5.74) is 0.747. The van der Waals surface area contributed by atoms with Gasteiger partial charge in [-0.15, -0.1) is 11.3 Å². The number of nitrogens with one attached hydrogen (secondary N) is 1.